The second-order valence-electron chi connectivity index (χ2n) is 9.39. The Hall–Kier alpha value is -1.11. The maximum absolute atomic E-state index is 13.0. The minimum absolute atomic E-state index is 0.0764. The number of imide groups is 1. The molecule has 26 heavy (non-hydrogen) atoms. The molecule has 5 rings (SSSR count). The van der Waals surface area contributed by atoms with Gasteiger partial charge in [-0.2, -0.15) is 0 Å². The van der Waals surface area contributed by atoms with E-state index < -0.39 is 16.1 Å². The van der Waals surface area contributed by atoms with Gasteiger partial charge in [0.1, 0.15) is 0 Å². The Kier molecular flexibility index (Phi) is 4.18. The van der Waals surface area contributed by atoms with Gasteiger partial charge in [0.25, 0.3) is 0 Å². The molecule has 1 aliphatic heterocycles. The summed E-state index contributed by atoms with van der Waals surface area (Å²) in [4.78, 5) is 27.4. The van der Waals surface area contributed by atoms with E-state index in [0.29, 0.717) is 24.2 Å². The molecule has 2 atom stereocenters. The Morgan fingerprint density at radius 3 is 2.08 bits per heavy atom. The van der Waals surface area contributed by atoms with Gasteiger partial charge in [-0.15, -0.1) is 0 Å². The first-order valence-corrected chi connectivity index (χ1v) is 11.8. The van der Waals surface area contributed by atoms with Crippen LogP contribution in [0.15, 0.2) is 0 Å². The molecular formula is C19H30N2O4S. The molecule has 0 aromatic rings. The second kappa shape index (κ2) is 5.94. The van der Waals surface area contributed by atoms with Crippen molar-refractivity contribution in [3.63, 3.8) is 0 Å². The van der Waals surface area contributed by atoms with Crippen molar-refractivity contribution >= 4 is 22.0 Å². The molecule has 6 nitrogen and oxygen atoms in total. The van der Waals surface area contributed by atoms with E-state index in [4.69, 9.17) is 0 Å². The molecule has 0 radical (unpaired) electrons. The highest BCUT2D eigenvalue weighted by Gasteiger charge is 2.60. The predicted octanol–water partition coefficient (Wildman–Crippen LogP) is 2.84. The summed E-state index contributed by atoms with van der Waals surface area (Å²) < 4.78 is 25.3. The predicted molar refractivity (Wildman–Crippen MR) is 97.6 cm³/mol. The lowest BCUT2D eigenvalue weighted by molar-refractivity contribution is -0.141. The van der Waals surface area contributed by atoms with Gasteiger partial charge in [0.2, 0.25) is 15.9 Å². The van der Waals surface area contributed by atoms with Gasteiger partial charge >= 0.3 is 6.03 Å². The summed E-state index contributed by atoms with van der Waals surface area (Å²) in [5.41, 5.74) is -0.0764. The number of hydrogen-bond donors (Lipinski definition) is 0. The first-order chi connectivity index (χ1) is 12.1. The highest BCUT2D eigenvalue weighted by Crippen LogP contribution is 2.62. The van der Waals surface area contributed by atoms with Gasteiger partial charge in [0, 0.05) is 5.92 Å². The van der Waals surface area contributed by atoms with Crippen molar-refractivity contribution in [2.75, 3.05) is 12.8 Å². The lowest BCUT2D eigenvalue weighted by Gasteiger charge is -2.59. The number of sulfonamides is 1. The van der Waals surface area contributed by atoms with Crippen LogP contribution in [-0.4, -0.2) is 48.4 Å². The SMILES string of the molecule is CC[C@H](C)C(=O)N1C(=O)N(S(C)(=O)=O)C[C@H]1C12CC3CC(CC(C3)C1)C2. The number of carbonyl (C=O) groups excluding carboxylic acids is 2. The third-order valence-corrected chi connectivity index (χ3v) is 8.64. The maximum Gasteiger partial charge on any atom is 0.340 e. The van der Waals surface area contributed by atoms with Crippen molar-refractivity contribution in [2.24, 2.45) is 29.1 Å². The number of carbonyl (C=O) groups is 2. The van der Waals surface area contributed by atoms with Crippen LogP contribution in [0.3, 0.4) is 0 Å². The Labute approximate surface area is 156 Å². The van der Waals surface area contributed by atoms with E-state index in [1.807, 2.05) is 13.8 Å². The van der Waals surface area contributed by atoms with E-state index in [9.17, 15) is 18.0 Å². The van der Waals surface area contributed by atoms with E-state index in [2.05, 4.69) is 0 Å². The smallest absolute Gasteiger partial charge is 0.274 e. The van der Waals surface area contributed by atoms with Gasteiger partial charge in [-0.25, -0.2) is 17.5 Å². The van der Waals surface area contributed by atoms with Crippen LogP contribution in [0.2, 0.25) is 0 Å². The topological polar surface area (TPSA) is 74.8 Å². The molecule has 5 fully saturated rings. The zero-order chi connectivity index (χ0) is 18.9. The van der Waals surface area contributed by atoms with Crippen LogP contribution >= 0.6 is 0 Å². The summed E-state index contributed by atoms with van der Waals surface area (Å²) in [6.45, 7) is 3.90. The van der Waals surface area contributed by atoms with Crippen LogP contribution in [0.5, 0.6) is 0 Å². The molecule has 5 aliphatic rings. The number of rotatable bonds is 4. The lowest BCUT2D eigenvalue weighted by Crippen LogP contribution is -2.58. The second-order valence-corrected chi connectivity index (χ2v) is 11.3. The molecule has 0 aromatic carbocycles. The zero-order valence-electron chi connectivity index (χ0n) is 16.0. The van der Waals surface area contributed by atoms with Gasteiger partial charge in [-0.1, -0.05) is 13.8 Å². The van der Waals surface area contributed by atoms with Gasteiger partial charge < -0.3 is 0 Å². The van der Waals surface area contributed by atoms with Crippen LogP contribution < -0.4 is 0 Å². The lowest BCUT2D eigenvalue weighted by atomic mass is 9.47. The fourth-order valence-electron chi connectivity index (χ4n) is 6.56. The minimum atomic E-state index is -3.67. The van der Waals surface area contributed by atoms with Crippen LogP contribution in [0.1, 0.15) is 58.8 Å². The van der Waals surface area contributed by atoms with Crippen LogP contribution in [0, 0.1) is 29.1 Å². The Morgan fingerprint density at radius 1 is 1.15 bits per heavy atom. The Balaban J connectivity index is 1.72. The quantitative estimate of drug-likeness (QED) is 0.749. The van der Waals surface area contributed by atoms with Crippen molar-refractivity contribution in [3.05, 3.63) is 0 Å². The molecule has 0 spiro atoms. The normalized spacial score (nSPS) is 40.3. The number of hydrogen-bond acceptors (Lipinski definition) is 4. The average Bonchev–Trinajstić information content (AvgIpc) is 2.90. The van der Waals surface area contributed by atoms with Gasteiger partial charge in [0.15, 0.2) is 0 Å². The van der Waals surface area contributed by atoms with Crippen LogP contribution in [0.25, 0.3) is 0 Å². The summed E-state index contributed by atoms with van der Waals surface area (Å²) in [5.74, 6) is 1.58. The van der Waals surface area contributed by atoms with Crippen molar-refractivity contribution < 1.29 is 18.0 Å². The van der Waals surface area contributed by atoms with E-state index in [1.54, 1.807) is 0 Å². The van der Waals surface area contributed by atoms with E-state index in [1.165, 1.54) is 24.2 Å². The molecule has 1 heterocycles. The summed E-state index contributed by atoms with van der Waals surface area (Å²) in [7, 11) is -3.67. The zero-order valence-corrected chi connectivity index (χ0v) is 16.8. The van der Waals surface area contributed by atoms with Crippen LogP contribution in [-0.2, 0) is 14.8 Å². The number of nitrogens with zero attached hydrogens (tertiary/aromatic N) is 2. The van der Waals surface area contributed by atoms with Crippen LogP contribution in [0.4, 0.5) is 4.79 Å². The molecule has 7 heteroatoms. The molecule has 4 bridgehead atoms. The molecule has 146 valence electrons. The van der Waals surface area contributed by atoms with Gasteiger partial charge in [0.05, 0.1) is 18.8 Å². The molecule has 4 saturated carbocycles. The fraction of sp³-hybridized carbons (Fsp3) is 0.895. The monoisotopic (exact) mass is 382 g/mol. The van der Waals surface area contributed by atoms with E-state index >= 15 is 0 Å². The van der Waals surface area contributed by atoms with Crippen molar-refractivity contribution in [2.45, 2.75) is 64.8 Å². The largest absolute Gasteiger partial charge is 0.340 e. The summed E-state index contributed by atoms with van der Waals surface area (Å²) >= 11 is 0. The van der Waals surface area contributed by atoms with E-state index in [-0.39, 0.29) is 29.8 Å². The third-order valence-electron chi connectivity index (χ3n) is 7.53. The third kappa shape index (κ3) is 2.69. The first kappa shape index (κ1) is 18.3. The molecule has 4 aliphatic carbocycles. The molecule has 0 aromatic heterocycles. The average molecular weight is 383 g/mol. The highest BCUT2D eigenvalue weighted by atomic mass is 32.2. The standard InChI is InChI=1S/C19H30N2O4S/c1-4-12(2)17(22)21-16(11-20(18(21)23)26(3,24)25)19-8-13-5-14(9-19)7-15(6-13)10-19/h12-16H,4-11H2,1-3H3/t12-,13?,14?,15?,16-,19?/m0/s1. The Bertz CT molecular complexity index is 697. The van der Waals surface area contributed by atoms with Crippen molar-refractivity contribution in [3.8, 4) is 0 Å². The summed E-state index contributed by atoms with van der Waals surface area (Å²) in [5, 5.41) is 0. The number of urea groups is 1. The van der Waals surface area contributed by atoms with Gasteiger partial charge in [-0.3, -0.25) is 9.69 Å². The Morgan fingerprint density at radius 2 is 1.65 bits per heavy atom. The summed E-state index contributed by atoms with van der Waals surface area (Å²) in [6.07, 6.45) is 8.66. The van der Waals surface area contributed by atoms with Gasteiger partial charge in [-0.05, 0) is 68.1 Å². The van der Waals surface area contributed by atoms with Crippen molar-refractivity contribution in [1.82, 2.24) is 9.21 Å². The molecule has 0 unspecified atom stereocenters. The molecule has 1 saturated heterocycles. The first-order valence-electron chi connectivity index (χ1n) is 9.99. The maximum atomic E-state index is 13.0. The number of amides is 3. The van der Waals surface area contributed by atoms with E-state index in [0.717, 1.165) is 29.8 Å². The minimum Gasteiger partial charge on any atom is -0.274 e. The molecular weight excluding hydrogens is 352 g/mol. The highest BCUT2D eigenvalue weighted by molar-refractivity contribution is 7.88. The molecule has 3 amide bonds. The fourth-order valence-corrected chi connectivity index (χ4v) is 7.34. The summed E-state index contributed by atoms with van der Waals surface area (Å²) in [6, 6.07) is -0.918. The van der Waals surface area contributed by atoms with Crippen molar-refractivity contribution in [1.29, 1.82) is 0 Å². The molecule has 0 N–H and O–H groups in total.